The molecule has 1 aliphatic rings. The Morgan fingerprint density at radius 1 is 1.23 bits per heavy atom. The molecule has 3 N–H and O–H groups in total. The molecule has 2 rings (SSSR count). The van der Waals surface area contributed by atoms with Crippen molar-refractivity contribution in [1.29, 1.82) is 0 Å². The molecular weight excluding hydrogens is 324 g/mol. The van der Waals surface area contributed by atoms with Gasteiger partial charge in [0.2, 0.25) is 0 Å². The summed E-state index contributed by atoms with van der Waals surface area (Å²) in [5.74, 6) is 0. The van der Waals surface area contributed by atoms with Crippen LogP contribution >= 0.6 is 0 Å². The SMILES string of the molecule is CCc1ccc(NC(=O)N(CC[NH+](C)C)C2CC[NH+](C(C)C)CC2)cc1. The van der Waals surface area contributed by atoms with E-state index < -0.39 is 0 Å². The standard InChI is InChI=1S/C21H36N4O/c1-6-18-7-9-19(10-8-18)22-21(26)25(16-15-23(4)5)20-11-13-24(14-12-20)17(2)3/h7-10,17,20H,6,11-16H2,1-5H3,(H,22,26)/p+2. The summed E-state index contributed by atoms with van der Waals surface area (Å²) in [5.41, 5.74) is 2.18. The summed E-state index contributed by atoms with van der Waals surface area (Å²) in [7, 11) is 4.29. The molecule has 146 valence electrons. The molecule has 1 aromatic carbocycles. The minimum atomic E-state index is 0.0495. The highest BCUT2D eigenvalue weighted by atomic mass is 16.2. The number of carbonyl (C=O) groups is 1. The quantitative estimate of drug-likeness (QED) is 0.656. The Morgan fingerprint density at radius 3 is 2.35 bits per heavy atom. The summed E-state index contributed by atoms with van der Waals surface area (Å²) in [4.78, 5) is 18.1. The van der Waals surface area contributed by atoms with Crippen LogP contribution in [0.3, 0.4) is 0 Å². The number of likely N-dealkylation sites (N-methyl/N-ethyl adjacent to an activating group) is 1. The van der Waals surface area contributed by atoms with E-state index in [0.29, 0.717) is 12.1 Å². The van der Waals surface area contributed by atoms with E-state index >= 15 is 0 Å². The molecule has 0 aliphatic carbocycles. The second-order valence-corrected chi connectivity index (χ2v) is 8.18. The fraction of sp³-hybridized carbons (Fsp3) is 0.667. The number of nitrogens with one attached hydrogen (secondary N) is 3. The van der Waals surface area contributed by atoms with Crippen LogP contribution in [0.4, 0.5) is 10.5 Å². The molecule has 1 aromatic rings. The van der Waals surface area contributed by atoms with Crippen molar-refractivity contribution in [3.63, 3.8) is 0 Å². The molecule has 0 saturated carbocycles. The van der Waals surface area contributed by atoms with Gasteiger partial charge in [-0.25, -0.2) is 4.79 Å². The highest BCUT2D eigenvalue weighted by molar-refractivity contribution is 5.89. The molecule has 0 unspecified atom stereocenters. The molecule has 2 amide bonds. The second-order valence-electron chi connectivity index (χ2n) is 8.18. The number of rotatable bonds is 7. The maximum Gasteiger partial charge on any atom is 0.322 e. The summed E-state index contributed by atoms with van der Waals surface area (Å²) in [6, 6.07) is 9.28. The number of piperidine rings is 1. The average Bonchev–Trinajstić information content (AvgIpc) is 2.62. The zero-order valence-electron chi connectivity index (χ0n) is 17.3. The number of urea groups is 1. The van der Waals surface area contributed by atoms with E-state index in [1.807, 2.05) is 12.1 Å². The van der Waals surface area contributed by atoms with E-state index in [1.165, 1.54) is 10.5 Å². The van der Waals surface area contributed by atoms with Gasteiger partial charge in [-0.2, -0.15) is 0 Å². The van der Waals surface area contributed by atoms with Crippen LogP contribution in [0, 0.1) is 0 Å². The molecule has 26 heavy (non-hydrogen) atoms. The van der Waals surface area contributed by atoms with Crippen LogP contribution < -0.4 is 15.1 Å². The van der Waals surface area contributed by atoms with Gasteiger partial charge in [0.15, 0.2) is 0 Å². The van der Waals surface area contributed by atoms with Crippen molar-refractivity contribution in [3.05, 3.63) is 29.8 Å². The number of carbonyl (C=O) groups excluding carboxylic acids is 1. The fourth-order valence-electron chi connectivity index (χ4n) is 3.68. The molecular formula is C21H38N4O+2. The first kappa shape index (κ1) is 20.7. The lowest BCUT2D eigenvalue weighted by atomic mass is 10.0. The lowest BCUT2D eigenvalue weighted by Gasteiger charge is -2.38. The van der Waals surface area contributed by atoms with Crippen LogP contribution in [0.2, 0.25) is 0 Å². The minimum Gasteiger partial charge on any atom is -0.338 e. The average molecular weight is 363 g/mol. The van der Waals surface area contributed by atoms with Gasteiger partial charge in [0.1, 0.15) is 0 Å². The fourth-order valence-corrected chi connectivity index (χ4v) is 3.68. The first-order chi connectivity index (χ1) is 12.4. The number of benzene rings is 1. The third kappa shape index (κ3) is 5.99. The molecule has 0 bridgehead atoms. The number of likely N-dealkylation sites (tertiary alicyclic amines) is 1. The van der Waals surface area contributed by atoms with Crippen molar-refractivity contribution in [2.75, 3.05) is 45.6 Å². The minimum absolute atomic E-state index is 0.0495. The van der Waals surface area contributed by atoms with Crippen molar-refractivity contribution in [2.45, 2.75) is 52.1 Å². The first-order valence-electron chi connectivity index (χ1n) is 10.2. The van der Waals surface area contributed by atoms with E-state index in [-0.39, 0.29) is 6.03 Å². The van der Waals surface area contributed by atoms with Gasteiger partial charge in [-0.1, -0.05) is 19.1 Å². The number of aryl methyl sites for hydroxylation is 1. The van der Waals surface area contributed by atoms with Gasteiger partial charge < -0.3 is 20.0 Å². The van der Waals surface area contributed by atoms with Crippen LogP contribution in [-0.2, 0) is 6.42 Å². The summed E-state index contributed by atoms with van der Waals surface area (Å²) < 4.78 is 0. The number of nitrogens with zero attached hydrogens (tertiary/aromatic N) is 1. The lowest BCUT2D eigenvalue weighted by molar-refractivity contribution is -0.926. The zero-order valence-corrected chi connectivity index (χ0v) is 17.3. The predicted octanol–water partition coefficient (Wildman–Crippen LogP) is 0.683. The Balaban J connectivity index is 2.01. The molecule has 0 aromatic heterocycles. The maximum atomic E-state index is 13.0. The van der Waals surface area contributed by atoms with Gasteiger partial charge in [-0.3, -0.25) is 0 Å². The molecule has 0 radical (unpaired) electrons. The van der Waals surface area contributed by atoms with E-state index in [2.05, 4.69) is 57.2 Å². The van der Waals surface area contributed by atoms with E-state index in [4.69, 9.17) is 0 Å². The number of amides is 2. The van der Waals surface area contributed by atoms with Crippen molar-refractivity contribution in [1.82, 2.24) is 4.90 Å². The van der Waals surface area contributed by atoms with Crippen LogP contribution in [0.25, 0.3) is 0 Å². The maximum absolute atomic E-state index is 13.0. The van der Waals surface area contributed by atoms with Crippen molar-refractivity contribution >= 4 is 11.7 Å². The topological polar surface area (TPSA) is 41.2 Å². The summed E-state index contributed by atoms with van der Waals surface area (Å²) in [6.45, 7) is 10.8. The highest BCUT2D eigenvalue weighted by Gasteiger charge is 2.31. The summed E-state index contributed by atoms with van der Waals surface area (Å²) in [5, 5.41) is 3.12. The van der Waals surface area contributed by atoms with E-state index in [9.17, 15) is 4.79 Å². The van der Waals surface area contributed by atoms with Crippen LogP contribution in [0.5, 0.6) is 0 Å². The Labute approximate surface area is 159 Å². The van der Waals surface area contributed by atoms with Gasteiger partial charge in [0.05, 0.1) is 46.3 Å². The molecule has 5 heteroatoms. The predicted molar refractivity (Wildman–Crippen MR) is 108 cm³/mol. The molecule has 1 saturated heterocycles. The van der Waals surface area contributed by atoms with Crippen molar-refractivity contribution in [3.8, 4) is 0 Å². The second kappa shape index (κ2) is 9.93. The van der Waals surface area contributed by atoms with Crippen LogP contribution in [-0.4, -0.2) is 63.3 Å². The van der Waals surface area contributed by atoms with Gasteiger partial charge in [-0.05, 0) is 38.0 Å². The van der Waals surface area contributed by atoms with Gasteiger partial charge in [0.25, 0.3) is 0 Å². The van der Waals surface area contributed by atoms with E-state index in [0.717, 1.165) is 51.1 Å². The lowest BCUT2D eigenvalue weighted by Crippen LogP contribution is -3.16. The van der Waals surface area contributed by atoms with Gasteiger partial charge >= 0.3 is 6.03 Å². The Hall–Kier alpha value is -1.59. The zero-order chi connectivity index (χ0) is 19.1. The molecule has 0 atom stereocenters. The number of quaternary nitrogens is 2. The molecule has 1 heterocycles. The molecule has 5 nitrogen and oxygen atoms in total. The van der Waals surface area contributed by atoms with Crippen molar-refractivity contribution in [2.24, 2.45) is 0 Å². The van der Waals surface area contributed by atoms with Crippen molar-refractivity contribution < 1.29 is 14.6 Å². The third-order valence-electron chi connectivity index (χ3n) is 5.58. The number of anilines is 1. The molecule has 0 spiro atoms. The largest absolute Gasteiger partial charge is 0.338 e. The highest BCUT2D eigenvalue weighted by Crippen LogP contribution is 2.15. The van der Waals surface area contributed by atoms with Gasteiger partial charge in [0, 0.05) is 24.6 Å². The smallest absolute Gasteiger partial charge is 0.322 e. The Morgan fingerprint density at radius 2 is 1.85 bits per heavy atom. The Kier molecular flexibility index (Phi) is 7.91. The molecule has 1 aliphatic heterocycles. The van der Waals surface area contributed by atoms with Crippen LogP contribution in [0.15, 0.2) is 24.3 Å². The Bertz CT molecular complexity index is 548. The molecule has 1 fully saturated rings. The first-order valence-corrected chi connectivity index (χ1v) is 10.2. The van der Waals surface area contributed by atoms with E-state index in [1.54, 1.807) is 4.90 Å². The normalized spacial score (nSPS) is 20.4. The van der Waals surface area contributed by atoms with Gasteiger partial charge in [-0.15, -0.1) is 0 Å². The monoisotopic (exact) mass is 362 g/mol. The third-order valence-corrected chi connectivity index (χ3v) is 5.58. The summed E-state index contributed by atoms with van der Waals surface area (Å²) in [6.07, 6.45) is 3.21. The summed E-state index contributed by atoms with van der Waals surface area (Å²) >= 11 is 0. The number of hydrogen-bond acceptors (Lipinski definition) is 1. The van der Waals surface area contributed by atoms with Crippen LogP contribution in [0.1, 0.15) is 39.2 Å². The number of hydrogen-bond donors (Lipinski definition) is 3.